The molecule has 0 fully saturated rings. The van der Waals surface area contributed by atoms with Crippen LogP contribution in [0.3, 0.4) is 0 Å². The number of esters is 1. The zero-order chi connectivity index (χ0) is 11.3. The summed E-state index contributed by atoms with van der Waals surface area (Å²) in [4.78, 5) is 33.4. The monoisotopic (exact) mass is 210 g/mol. The Kier molecular flexibility index (Phi) is 4.21. The highest BCUT2D eigenvalue weighted by molar-refractivity contribution is 6.06. The highest BCUT2D eigenvalue weighted by atomic mass is 16.5. The van der Waals surface area contributed by atoms with Gasteiger partial charge >= 0.3 is 5.97 Å². The number of ketones is 2. The van der Waals surface area contributed by atoms with Crippen LogP contribution in [0.25, 0.3) is 0 Å². The van der Waals surface area contributed by atoms with Crippen LogP contribution in [-0.4, -0.2) is 24.1 Å². The highest BCUT2D eigenvalue weighted by Gasteiger charge is 2.16. The largest absolute Gasteiger partial charge is 0.466 e. The molecule has 0 aromatic carbocycles. The second kappa shape index (κ2) is 5.44. The van der Waals surface area contributed by atoms with Crippen molar-refractivity contribution in [1.82, 2.24) is 0 Å². The van der Waals surface area contributed by atoms with Crippen molar-refractivity contribution >= 4 is 17.5 Å². The van der Waals surface area contributed by atoms with Crippen molar-refractivity contribution in [2.45, 2.75) is 32.6 Å². The van der Waals surface area contributed by atoms with Crippen molar-refractivity contribution in [2.75, 3.05) is 6.61 Å². The molecule has 0 bridgehead atoms. The predicted octanol–water partition coefficient (Wildman–Crippen LogP) is 1.19. The second-order valence-corrected chi connectivity index (χ2v) is 3.47. The molecular formula is C11H14O4. The number of hydrogen-bond donors (Lipinski definition) is 0. The van der Waals surface area contributed by atoms with Crippen molar-refractivity contribution < 1.29 is 19.1 Å². The van der Waals surface area contributed by atoms with Crippen LogP contribution in [0.4, 0.5) is 0 Å². The number of ether oxygens (including phenoxy) is 1. The summed E-state index contributed by atoms with van der Waals surface area (Å²) in [5.74, 6) is -0.613. The number of rotatable bonds is 3. The summed E-state index contributed by atoms with van der Waals surface area (Å²) in [5.41, 5.74) is 0.698. The van der Waals surface area contributed by atoms with Crippen molar-refractivity contribution in [3.05, 3.63) is 11.6 Å². The molecule has 0 aromatic rings. The zero-order valence-corrected chi connectivity index (χ0v) is 8.75. The van der Waals surface area contributed by atoms with Gasteiger partial charge in [-0.3, -0.25) is 14.4 Å². The summed E-state index contributed by atoms with van der Waals surface area (Å²) in [5, 5.41) is 0. The van der Waals surface area contributed by atoms with Crippen LogP contribution in [0.2, 0.25) is 0 Å². The molecule has 0 amide bonds. The Labute approximate surface area is 88.3 Å². The summed E-state index contributed by atoms with van der Waals surface area (Å²) < 4.78 is 4.77. The van der Waals surface area contributed by atoms with Gasteiger partial charge in [0.25, 0.3) is 0 Å². The fraction of sp³-hybridized carbons (Fsp3) is 0.545. The molecule has 0 N–H and O–H groups in total. The van der Waals surface area contributed by atoms with Crippen LogP contribution >= 0.6 is 0 Å². The lowest BCUT2D eigenvalue weighted by molar-refractivity contribution is -0.142. The first-order valence-corrected chi connectivity index (χ1v) is 5.01. The molecule has 0 aliphatic heterocycles. The molecule has 0 saturated heterocycles. The van der Waals surface area contributed by atoms with Gasteiger partial charge in [0.2, 0.25) is 0 Å². The standard InChI is InChI=1S/C11H14O4/c1-2-15-11(14)6-8-3-4-9(12)7-10(13)5-8/h5H,2-4,6-7H2,1H3. The van der Waals surface area contributed by atoms with E-state index in [1.165, 1.54) is 6.08 Å². The minimum Gasteiger partial charge on any atom is -0.466 e. The maximum absolute atomic E-state index is 11.2. The fourth-order valence-electron chi connectivity index (χ4n) is 1.47. The average Bonchev–Trinajstić information content (AvgIpc) is 2.27. The van der Waals surface area contributed by atoms with Gasteiger partial charge in [-0.15, -0.1) is 0 Å². The lowest BCUT2D eigenvalue weighted by Crippen LogP contribution is -2.05. The van der Waals surface area contributed by atoms with Crippen LogP contribution < -0.4 is 0 Å². The van der Waals surface area contributed by atoms with Gasteiger partial charge < -0.3 is 4.74 Å². The molecule has 0 atom stereocenters. The molecule has 4 nitrogen and oxygen atoms in total. The van der Waals surface area contributed by atoms with Crippen LogP contribution in [0.1, 0.15) is 32.6 Å². The van der Waals surface area contributed by atoms with Crippen molar-refractivity contribution in [1.29, 1.82) is 0 Å². The summed E-state index contributed by atoms with van der Waals surface area (Å²) >= 11 is 0. The maximum Gasteiger partial charge on any atom is 0.309 e. The molecule has 1 aliphatic carbocycles. The van der Waals surface area contributed by atoms with E-state index < -0.39 is 0 Å². The third-order valence-corrected chi connectivity index (χ3v) is 2.14. The van der Waals surface area contributed by atoms with E-state index in [4.69, 9.17) is 4.74 Å². The lowest BCUT2D eigenvalue weighted by atomic mass is 10.1. The Morgan fingerprint density at radius 1 is 1.40 bits per heavy atom. The Balaban J connectivity index is 2.57. The predicted molar refractivity (Wildman–Crippen MR) is 53.2 cm³/mol. The van der Waals surface area contributed by atoms with Gasteiger partial charge in [-0.25, -0.2) is 0 Å². The second-order valence-electron chi connectivity index (χ2n) is 3.47. The Morgan fingerprint density at radius 3 is 2.80 bits per heavy atom. The van der Waals surface area contributed by atoms with Gasteiger partial charge in [0.1, 0.15) is 5.78 Å². The quantitative estimate of drug-likeness (QED) is 0.518. The van der Waals surface area contributed by atoms with E-state index in [-0.39, 0.29) is 30.4 Å². The van der Waals surface area contributed by atoms with Crippen molar-refractivity contribution in [3.63, 3.8) is 0 Å². The minimum absolute atomic E-state index is 0.0354. The summed E-state index contributed by atoms with van der Waals surface area (Å²) in [6, 6.07) is 0. The molecule has 15 heavy (non-hydrogen) atoms. The van der Waals surface area contributed by atoms with Crippen LogP contribution in [0, 0.1) is 0 Å². The lowest BCUT2D eigenvalue weighted by Gasteiger charge is -2.03. The molecule has 82 valence electrons. The van der Waals surface area contributed by atoms with Gasteiger partial charge in [-0.1, -0.05) is 5.57 Å². The van der Waals surface area contributed by atoms with Gasteiger partial charge in [0.15, 0.2) is 5.78 Å². The van der Waals surface area contributed by atoms with E-state index in [1.807, 2.05) is 0 Å². The van der Waals surface area contributed by atoms with Crippen molar-refractivity contribution in [3.8, 4) is 0 Å². The van der Waals surface area contributed by atoms with Gasteiger partial charge in [-0.05, 0) is 19.4 Å². The average molecular weight is 210 g/mol. The smallest absolute Gasteiger partial charge is 0.309 e. The van der Waals surface area contributed by atoms with Crippen molar-refractivity contribution in [2.24, 2.45) is 0 Å². The molecule has 0 unspecified atom stereocenters. The summed E-state index contributed by atoms with van der Waals surface area (Å²) in [7, 11) is 0. The van der Waals surface area contributed by atoms with Crippen LogP contribution in [0.15, 0.2) is 11.6 Å². The third-order valence-electron chi connectivity index (χ3n) is 2.14. The Morgan fingerprint density at radius 2 is 2.13 bits per heavy atom. The van der Waals surface area contributed by atoms with E-state index in [2.05, 4.69) is 0 Å². The zero-order valence-electron chi connectivity index (χ0n) is 8.75. The first-order valence-electron chi connectivity index (χ1n) is 5.01. The molecule has 0 spiro atoms. The minimum atomic E-state index is -0.342. The molecule has 0 radical (unpaired) electrons. The third kappa shape index (κ3) is 4.06. The van der Waals surface area contributed by atoms with Crippen LogP contribution in [0.5, 0.6) is 0 Å². The molecular weight excluding hydrogens is 196 g/mol. The van der Waals surface area contributed by atoms with E-state index in [0.717, 1.165) is 0 Å². The molecule has 1 rings (SSSR count). The highest BCUT2D eigenvalue weighted by Crippen LogP contribution is 2.16. The first kappa shape index (κ1) is 11.6. The molecule has 0 heterocycles. The SMILES string of the molecule is CCOC(=O)CC1=CC(=O)CC(=O)CC1. The van der Waals surface area contributed by atoms with Gasteiger partial charge in [-0.2, -0.15) is 0 Å². The summed E-state index contributed by atoms with van der Waals surface area (Å²) in [6.45, 7) is 2.06. The summed E-state index contributed by atoms with van der Waals surface area (Å²) in [6.07, 6.45) is 2.32. The molecule has 4 heteroatoms. The molecule has 0 saturated carbocycles. The van der Waals surface area contributed by atoms with Gasteiger partial charge in [0, 0.05) is 6.42 Å². The van der Waals surface area contributed by atoms with E-state index in [9.17, 15) is 14.4 Å². The normalized spacial score (nSPS) is 17.0. The topological polar surface area (TPSA) is 60.4 Å². The van der Waals surface area contributed by atoms with Gasteiger partial charge in [0.05, 0.1) is 19.4 Å². The Hall–Kier alpha value is -1.45. The Bertz CT molecular complexity index is 315. The molecule has 0 aromatic heterocycles. The fourth-order valence-corrected chi connectivity index (χ4v) is 1.47. The number of carbonyl (C=O) groups is 3. The number of hydrogen-bond acceptors (Lipinski definition) is 4. The van der Waals surface area contributed by atoms with E-state index >= 15 is 0 Å². The maximum atomic E-state index is 11.2. The number of Topliss-reactive ketones (excluding diaryl/α,β-unsaturated/α-hetero) is 1. The number of allylic oxidation sites excluding steroid dienone is 1. The van der Waals surface area contributed by atoms with E-state index in [0.29, 0.717) is 25.0 Å². The first-order chi connectivity index (χ1) is 7.11. The van der Waals surface area contributed by atoms with Crippen LogP contribution in [-0.2, 0) is 19.1 Å². The molecule has 1 aliphatic rings. The van der Waals surface area contributed by atoms with E-state index in [1.54, 1.807) is 6.92 Å². The number of carbonyl (C=O) groups excluding carboxylic acids is 3.